The molecule has 0 saturated carbocycles. The van der Waals surface area contributed by atoms with Gasteiger partial charge in [-0.25, -0.2) is 0 Å². The van der Waals surface area contributed by atoms with Gasteiger partial charge in [0.2, 0.25) is 5.91 Å². The topological polar surface area (TPSA) is 68.2 Å². The van der Waals surface area contributed by atoms with E-state index in [1.54, 1.807) is 7.05 Å². The number of aliphatic imine (C=N–C) groups is 1. The summed E-state index contributed by atoms with van der Waals surface area (Å²) in [5.74, 6) is 2.31. The number of nitrogens with zero attached hydrogens (tertiary/aromatic N) is 4. The van der Waals surface area contributed by atoms with E-state index < -0.39 is 10.8 Å². The Bertz CT molecular complexity index is 713. The van der Waals surface area contributed by atoms with Crippen LogP contribution in [-0.4, -0.2) is 95.9 Å². The molecule has 2 fully saturated rings. The molecule has 1 N–H and O–H groups in total. The van der Waals surface area contributed by atoms with Crippen molar-refractivity contribution < 1.29 is 9.00 Å². The molecule has 0 bridgehead atoms. The summed E-state index contributed by atoms with van der Waals surface area (Å²) < 4.78 is 12.3. The van der Waals surface area contributed by atoms with Crippen LogP contribution in [0.15, 0.2) is 35.3 Å². The zero-order valence-corrected chi connectivity index (χ0v) is 18.9. The standard InChI is InChI=1S/C22H35N5O2S/c1-23-22(24-10-17-30(29)19-20-8-4-2-5-9-20)27-15-13-25(14-16-27)18-21(28)26-11-6-3-7-12-26/h2,4-5,8-9H,3,6-7,10-19H2,1H3,(H,23,24). The van der Waals surface area contributed by atoms with Crippen molar-refractivity contribution in [3.05, 3.63) is 35.9 Å². The lowest BCUT2D eigenvalue weighted by molar-refractivity contribution is -0.133. The van der Waals surface area contributed by atoms with Crippen LogP contribution >= 0.6 is 0 Å². The summed E-state index contributed by atoms with van der Waals surface area (Å²) in [5.41, 5.74) is 1.11. The molecule has 1 unspecified atom stereocenters. The minimum Gasteiger partial charge on any atom is -0.355 e. The smallest absolute Gasteiger partial charge is 0.236 e. The van der Waals surface area contributed by atoms with Crippen LogP contribution in [0.5, 0.6) is 0 Å². The summed E-state index contributed by atoms with van der Waals surface area (Å²) in [6.07, 6.45) is 3.52. The molecule has 2 aliphatic heterocycles. The van der Waals surface area contributed by atoms with E-state index in [0.29, 0.717) is 24.6 Å². The highest BCUT2D eigenvalue weighted by atomic mass is 32.2. The number of hydrogen-bond donors (Lipinski definition) is 1. The van der Waals surface area contributed by atoms with Crippen molar-refractivity contribution in [2.75, 3.05) is 65.2 Å². The molecular formula is C22H35N5O2S. The van der Waals surface area contributed by atoms with Gasteiger partial charge in [-0.15, -0.1) is 0 Å². The Labute approximate surface area is 183 Å². The highest BCUT2D eigenvalue weighted by Gasteiger charge is 2.24. The second-order valence-corrected chi connectivity index (χ2v) is 9.53. The van der Waals surface area contributed by atoms with E-state index in [-0.39, 0.29) is 5.91 Å². The average molecular weight is 434 g/mol. The molecule has 8 heteroatoms. The van der Waals surface area contributed by atoms with E-state index in [1.165, 1.54) is 6.42 Å². The summed E-state index contributed by atoms with van der Waals surface area (Å²) >= 11 is 0. The van der Waals surface area contributed by atoms with Crippen LogP contribution in [0.1, 0.15) is 24.8 Å². The number of guanidine groups is 1. The van der Waals surface area contributed by atoms with E-state index in [9.17, 15) is 9.00 Å². The molecular weight excluding hydrogens is 398 g/mol. The Hall–Kier alpha value is -1.93. The highest BCUT2D eigenvalue weighted by Crippen LogP contribution is 2.10. The van der Waals surface area contributed by atoms with Gasteiger partial charge in [-0.1, -0.05) is 30.3 Å². The first-order valence-electron chi connectivity index (χ1n) is 11.0. The number of nitrogens with one attached hydrogen (secondary N) is 1. The van der Waals surface area contributed by atoms with Gasteiger partial charge in [0, 0.05) is 75.2 Å². The predicted molar refractivity (Wildman–Crippen MR) is 123 cm³/mol. The number of piperazine rings is 1. The van der Waals surface area contributed by atoms with Crippen LogP contribution in [0.25, 0.3) is 0 Å². The third-order valence-corrected chi connectivity index (χ3v) is 7.05. The van der Waals surface area contributed by atoms with Crippen molar-refractivity contribution in [3.63, 3.8) is 0 Å². The fraction of sp³-hybridized carbons (Fsp3) is 0.636. The van der Waals surface area contributed by atoms with Crippen LogP contribution in [-0.2, 0) is 21.3 Å². The maximum absolute atomic E-state index is 12.5. The summed E-state index contributed by atoms with van der Waals surface area (Å²) in [7, 11) is 0.891. The Morgan fingerprint density at radius 1 is 1.00 bits per heavy atom. The average Bonchev–Trinajstić information content (AvgIpc) is 2.79. The van der Waals surface area contributed by atoms with E-state index >= 15 is 0 Å². The number of benzene rings is 1. The Balaban J connectivity index is 1.35. The molecule has 2 aliphatic rings. The molecule has 0 aliphatic carbocycles. The fourth-order valence-electron chi connectivity index (χ4n) is 3.99. The van der Waals surface area contributed by atoms with Crippen LogP contribution in [0.2, 0.25) is 0 Å². The quantitative estimate of drug-likeness (QED) is 0.516. The number of likely N-dealkylation sites (tertiary alicyclic amines) is 1. The molecule has 1 amide bonds. The number of amides is 1. The first-order chi connectivity index (χ1) is 14.7. The van der Waals surface area contributed by atoms with E-state index in [0.717, 1.165) is 63.6 Å². The van der Waals surface area contributed by atoms with Gasteiger partial charge in [0.05, 0.1) is 6.54 Å². The van der Waals surface area contributed by atoms with Gasteiger partial charge in [0.1, 0.15) is 0 Å². The summed E-state index contributed by atoms with van der Waals surface area (Å²) in [4.78, 5) is 23.4. The second-order valence-electron chi connectivity index (χ2n) is 7.95. The van der Waals surface area contributed by atoms with Gasteiger partial charge in [0.15, 0.2) is 5.96 Å². The van der Waals surface area contributed by atoms with Crippen LogP contribution in [0.3, 0.4) is 0 Å². The van der Waals surface area contributed by atoms with Gasteiger partial charge < -0.3 is 15.1 Å². The van der Waals surface area contributed by atoms with Crippen molar-refractivity contribution in [2.24, 2.45) is 4.99 Å². The normalized spacial score (nSPS) is 19.6. The number of carbonyl (C=O) groups is 1. The largest absolute Gasteiger partial charge is 0.355 e. The third kappa shape index (κ3) is 7.09. The van der Waals surface area contributed by atoms with Crippen molar-refractivity contribution in [3.8, 4) is 0 Å². The number of carbonyl (C=O) groups excluding carboxylic acids is 1. The number of hydrogen-bond acceptors (Lipinski definition) is 4. The molecule has 0 spiro atoms. The summed E-state index contributed by atoms with van der Waals surface area (Å²) in [6, 6.07) is 9.96. The molecule has 1 atom stereocenters. The predicted octanol–water partition coefficient (Wildman–Crippen LogP) is 1.14. The van der Waals surface area contributed by atoms with E-state index in [2.05, 4.69) is 20.1 Å². The zero-order valence-electron chi connectivity index (χ0n) is 18.1. The minimum atomic E-state index is -0.896. The SMILES string of the molecule is CN=C(NCCS(=O)Cc1ccccc1)N1CCN(CC(=O)N2CCCCC2)CC1. The Kier molecular flexibility index (Phi) is 9.14. The first kappa shape index (κ1) is 22.7. The molecule has 7 nitrogen and oxygen atoms in total. The lowest BCUT2D eigenvalue weighted by Crippen LogP contribution is -2.54. The van der Waals surface area contributed by atoms with Gasteiger partial charge >= 0.3 is 0 Å². The maximum Gasteiger partial charge on any atom is 0.236 e. The first-order valence-corrected chi connectivity index (χ1v) is 12.5. The van der Waals surface area contributed by atoms with Crippen molar-refractivity contribution in [1.29, 1.82) is 0 Å². The fourth-order valence-corrected chi connectivity index (χ4v) is 5.03. The van der Waals surface area contributed by atoms with Gasteiger partial charge in [-0.3, -0.25) is 18.9 Å². The number of rotatable bonds is 7. The van der Waals surface area contributed by atoms with Crippen LogP contribution in [0.4, 0.5) is 0 Å². The van der Waals surface area contributed by atoms with Crippen molar-refractivity contribution in [1.82, 2.24) is 20.0 Å². The summed E-state index contributed by atoms with van der Waals surface area (Å²) in [5, 5.41) is 3.35. The molecule has 0 aromatic heterocycles. The number of piperidine rings is 1. The van der Waals surface area contributed by atoms with Gasteiger partial charge in [0.25, 0.3) is 0 Å². The molecule has 1 aromatic carbocycles. The van der Waals surface area contributed by atoms with Crippen LogP contribution < -0.4 is 5.32 Å². The van der Waals surface area contributed by atoms with Crippen molar-refractivity contribution >= 4 is 22.7 Å². The molecule has 2 heterocycles. The monoisotopic (exact) mass is 433 g/mol. The molecule has 0 radical (unpaired) electrons. The molecule has 3 rings (SSSR count). The molecule has 30 heavy (non-hydrogen) atoms. The zero-order chi connectivity index (χ0) is 21.2. The molecule has 1 aromatic rings. The Morgan fingerprint density at radius 2 is 1.70 bits per heavy atom. The maximum atomic E-state index is 12.5. The molecule has 2 saturated heterocycles. The van der Waals surface area contributed by atoms with Crippen molar-refractivity contribution in [2.45, 2.75) is 25.0 Å². The lowest BCUT2D eigenvalue weighted by atomic mass is 10.1. The van der Waals surface area contributed by atoms with E-state index in [1.807, 2.05) is 35.2 Å². The Morgan fingerprint density at radius 3 is 2.37 bits per heavy atom. The third-order valence-electron chi connectivity index (χ3n) is 5.73. The van der Waals surface area contributed by atoms with E-state index in [4.69, 9.17) is 0 Å². The van der Waals surface area contributed by atoms with Gasteiger partial charge in [-0.05, 0) is 24.8 Å². The minimum absolute atomic E-state index is 0.270. The highest BCUT2D eigenvalue weighted by molar-refractivity contribution is 7.84. The molecule has 166 valence electrons. The van der Waals surface area contributed by atoms with Crippen LogP contribution in [0, 0.1) is 0 Å². The van der Waals surface area contributed by atoms with Gasteiger partial charge in [-0.2, -0.15) is 0 Å². The lowest BCUT2D eigenvalue weighted by Gasteiger charge is -2.37. The summed E-state index contributed by atoms with van der Waals surface area (Å²) in [6.45, 7) is 6.42. The second kappa shape index (κ2) is 12.1.